The van der Waals surface area contributed by atoms with Crippen LogP contribution in [0.4, 0.5) is 0 Å². The first-order chi connectivity index (χ1) is 5.81. The topological polar surface area (TPSA) is 43.1 Å². The van der Waals surface area contributed by atoms with Crippen molar-refractivity contribution < 1.29 is 4.79 Å². The smallest absolute Gasteiger partial charge is 0.204 e. The molecule has 2 heteroatoms. The number of amides is 1. The van der Waals surface area contributed by atoms with Gasteiger partial charge in [0.25, 0.3) is 0 Å². The molecule has 0 atom stereocenters. The van der Waals surface area contributed by atoms with Gasteiger partial charge in [0.05, 0.1) is 0 Å². The van der Waals surface area contributed by atoms with E-state index in [1.54, 1.807) is 0 Å². The molecule has 0 spiro atoms. The van der Waals surface area contributed by atoms with Crippen LogP contribution in [-0.2, 0) is 4.79 Å². The second-order valence-corrected chi connectivity index (χ2v) is 1.79. The van der Waals surface area contributed by atoms with Gasteiger partial charge in [-0.1, -0.05) is 35.9 Å². The fourth-order valence-corrected chi connectivity index (χ4v) is 0.534. The van der Waals surface area contributed by atoms with Crippen LogP contribution in [0.15, 0.2) is 43.5 Å². The van der Waals surface area contributed by atoms with Gasteiger partial charge < -0.3 is 5.73 Å². The molecule has 0 aliphatic rings. The summed E-state index contributed by atoms with van der Waals surface area (Å²) < 4.78 is 0. The van der Waals surface area contributed by atoms with E-state index in [1.165, 1.54) is 5.56 Å². The van der Waals surface area contributed by atoms with Crippen LogP contribution in [0.25, 0.3) is 0 Å². The predicted molar refractivity (Wildman–Crippen MR) is 52.7 cm³/mol. The van der Waals surface area contributed by atoms with Crippen molar-refractivity contribution >= 4 is 6.41 Å². The van der Waals surface area contributed by atoms with Crippen molar-refractivity contribution in [3.05, 3.63) is 49.1 Å². The van der Waals surface area contributed by atoms with E-state index < -0.39 is 0 Å². The zero-order valence-corrected chi connectivity index (χ0v) is 7.36. The van der Waals surface area contributed by atoms with Crippen LogP contribution in [0.2, 0.25) is 0 Å². The van der Waals surface area contributed by atoms with Gasteiger partial charge in [0, 0.05) is 0 Å². The molecule has 0 aliphatic carbocycles. The molecule has 2 N–H and O–H groups in total. The summed E-state index contributed by atoms with van der Waals surface area (Å²) in [5.74, 6) is 0. The Morgan fingerprint density at radius 1 is 1.25 bits per heavy atom. The highest BCUT2D eigenvalue weighted by Crippen LogP contribution is 1.92. The zero-order valence-electron chi connectivity index (χ0n) is 7.36. The first-order valence-corrected chi connectivity index (χ1v) is 3.48. The van der Waals surface area contributed by atoms with Gasteiger partial charge in [-0.15, -0.1) is 13.2 Å². The molecule has 1 aromatic rings. The first kappa shape index (κ1) is 13.1. The lowest BCUT2D eigenvalue weighted by Crippen LogP contribution is -1.82. The van der Waals surface area contributed by atoms with Crippen molar-refractivity contribution in [1.29, 1.82) is 0 Å². The summed E-state index contributed by atoms with van der Waals surface area (Å²) in [7, 11) is 0. The number of primary amides is 1. The maximum Gasteiger partial charge on any atom is 0.204 e. The molecule has 0 saturated carbocycles. The molecular weight excluding hydrogens is 150 g/mol. The lowest BCUT2D eigenvalue weighted by atomic mass is 10.2. The summed E-state index contributed by atoms with van der Waals surface area (Å²) in [6, 6.07) is 10.3. The average molecular weight is 165 g/mol. The Labute approximate surface area is 73.7 Å². The Balaban J connectivity index is 0. The molecular formula is C10H15NO. The van der Waals surface area contributed by atoms with E-state index in [4.69, 9.17) is 4.79 Å². The predicted octanol–water partition coefficient (Wildman–Crippen LogP) is 1.90. The van der Waals surface area contributed by atoms with Crippen molar-refractivity contribution in [3.63, 3.8) is 0 Å². The second kappa shape index (κ2) is 12.1. The minimum Gasteiger partial charge on any atom is -0.372 e. The molecule has 1 rings (SSSR count). The van der Waals surface area contributed by atoms with Gasteiger partial charge in [0.15, 0.2) is 0 Å². The maximum absolute atomic E-state index is 8.58. The van der Waals surface area contributed by atoms with E-state index >= 15 is 0 Å². The van der Waals surface area contributed by atoms with E-state index in [2.05, 4.69) is 37.9 Å². The van der Waals surface area contributed by atoms with Crippen LogP contribution in [0.3, 0.4) is 0 Å². The van der Waals surface area contributed by atoms with Crippen LogP contribution in [0.1, 0.15) is 5.56 Å². The fraction of sp³-hybridized carbons (Fsp3) is 0.100. The quantitative estimate of drug-likeness (QED) is 0.463. The third-order valence-electron chi connectivity index (χ3n) is 0.940. The summed E-state index contributed by atoms with van der Waals surface area (Å²) in [6.07, 6.45) is 0.250. The molecule has 0 radical (unpaired) electrons. The number of hydrogen-bond acceptors (Lipinski definition) is 1. The highest BCUT2D eigenvalue weighted by molar-refractivity contribution is 5.42. The molecule has 0 heterocycles. The number of benzene rings is 1. The lowest BCUT2D eigenvalue weighted by Gasteiger charge is -1.82. The summed E-state index contributed by atoms with van der Waals surface area (Å²) in [4.78, 5) is 8.58. The van der Waals surface area contributed by atoms with Crippen molar-refractivity contribution in [3.8, 4) is 0 Å². The highest BCUT2D eigenvalue weighted by atomic mass is 16.1. The first-order valence-electron chi connectivity index (χ1n) is 3.48. The molecule has 0 fully saturated rings. The SMILES string of the molecule is C=C.Cc1ccccc1.NC=O. The Morgan fingerprint density at radius 2 is 1.58 bits per heavy atom. The largest absolute Gasteiger partial charge is 0.372 e. The van der Waals surface area contributed by atoms with Gasteiger partial charge >= 0.3 is 0 Å². The van der Waals surface area contributed by atoms with E-state index in [0.29, 0.717) is 0 Å². The van der Waals surface area contributed by atoms with Gasteiger partial charge in [0.1, 0.15) is 0 Å². The Hall–Kier alpha value is -1.57. The maximum atomic E-state index is 8.58. The Kier molecular flexibility index (Phi) is 13.2. The van der Waals surface area contributed by atoms with E-state index in [1.807, 2.05) is 18.2 Å². The van der Waals surface area contributed by atoms with Crippen molar-refractivity contribution in [2.45, 2.75) is 6.92 Å². The van der Waals surface area contributed by atoms with E-state index in [0.717, 1.165) is 0 Å². The van der Waals surface area contributed by atoms with Crippen molar-refractivity contribution in [2.75, 3.05) is 0 Å². The standard InChI is InChI=1S/C7H8.C2H4.CH3NO/c1-7-5-3-2-4-6-7;1-2;2-1-3/h2-6H,1H3;1-2H2;1H,(H2,2,3). The third kappa shape index (κ3) is 11.3. The molecule has 1 amide bonds. The van der Waals surface area contributed by atoms with Gasteiger partial charge in [-0.2, -0.15) is 0 Å². The van der Waals surface area contributed by atoms with Crippen LogP contribution in [0.5, 0.6) is 0 Å². The Morgan fingerprint density at radius 3 is 1.75 bits per heavy atom. The summed E-state index contributed by atoms with van der Waals surface area (Å²) in [5.41, 5.74) is 5.49. The molecule has 0 bridgehead atoms. The second-order valence-electron chi connectivity index (χ2n) is 1.79. The van der Waals surface area contributed by atoms with Crippen molar-refractivity contribution in [2.24, 2.45) is 5.73 Å². The number of carbonyl (C=O) groups is 1. The van der Waals surface area contributed by atoms with E-state index in [-0.39, 0.29) is 6.41 Å². The van der Waals surface area contributed by atoms with Crippen LogP contribution < -0.4 is 5.73 Å². The highest BCUT2D eigenvalue weighted by Gasteiger charge is 1.72. The Bertz CT molecular complexity index is 184. The van der Waals surface area contributed by atoms with E-state index in [9.17, 15) is 0 Å². The number of carbonyl (C=O) groups excluding carboxylic acids is 1. The van der Waals surface area contributed by atoms with Gasteiger partial charge in [-0.3, -0.25) is 4.79 Å². The lowest BCUT2D eigenvalue weighted by molar-refractivity contribution is -0.106. The fourth-order valence-electron chi connectivity index (χ4n) is 0.534. The minimum atomic E-state index is 0.250. The molecule has 66 valence electrons. The molecule has 12 heavy (non-hydrogen) atoms. The minimum absolute atomic E-state index is 0.250. The van der Waals surface area contributed by atoms with Crippen LogP contribution in [-0.4, -0.2) is 6.41 Å². The van der Waals surface area contributed by atoms with Crippen LogP contribution in [0, 0.1) is 6.92 Å². The average Bonchev–Trinajstić information content (AvgIpc) is 2.11. The normalized spacial score (nSPS) is 6.42. The van der Waals surface area contributed by atoms with Crippen LogP contribution >= 0.6 is 0 Å². The van der Waals surface area contributed by atoms with Gasteiger partial charge in [0.2, 0.25) is 6.41 Å². The third-order valence-corrected chi connectivity index (χ3v) is 0.940. The zero-order chi connectivity index (χ0) is 9.82. The molecule has 0 aliphatic heterocycles. The monoisotopic (exact) mass is 165 g/mol. The van der Waals surface area contributed by atoms with Gasteiger partial charge in [-0.25, -0.2) is 0 Å². The molecule has 0 saturated heterocycles. The number of nitrogens with two attached hydrogens (primary N) is 1. The number of hydrogen-bond donors (Lipinski definition) is 1. The summed E-state index contributed by atoms with van der Waals surface area (Å²) in [5, 5.41) is 0. The molecule has 0 aromatic heterocycles. The molecule has 1 aromatic carbocycles. The molecule has 0 unspecified atom stereocenters. The van der Waals surface area contributed by atoms with Crippen molar-refractivity contribution in [1.82, 2.24) is 0 Å². The molecule has 2 nitrogen and oxygen atoms in total. The summed E-state index contributed by atoms with van der Waals surface area (Å²) in [6.45, 7) is 8.08. The number of rotatable bonds is 0. The van der Waals surface area contributed by atoms with Gasteiger partial charge in [-0.05, 0) is 6.92 Å². The number of aryl methyl sites for hydroxylation is 1. The summed E-state index contributed by atoms with van der Waals surface area (Å²) >= 11 is 0.